The van der Waals surface area contributed by atoms with Gasteiger partial charge in [0.15, 0.2) is 5.11 Å². The number of aromatic nitrogens is 2. The molecule has 4 rings (SSSR count). The maximum atomic E-state index is 5.56. The molecule has 0 spiro atoms. The summed E-state index contributed by atoms with van der Waals surface area (Å²) in [6.07, 6.45) is 4.94. The Bertz CT molecular complexity index is 1180. The second-order valence-electron chi connectivity index (χ2n) is 9.30. The molecular weight excluding hydrogens is 472 g/mol. The molecule has 1 aromatic heterocycles. The zero-order valence-corrected chi connectivity index (χ0v) is 22.3. The Balaban J connectivity index is 1.24. The van der Waals surface area contributed by atoms with Gasteiger partial charge in [0.2, 0.25) is 5.95 Å². The minimum absolute atomic E-state index is 0.348. The standard InChI is InChI=1S/C27H36N6O2S/c1-33(2)25-22-7-5-6-8-23(22)31-26(32-25)29-19-9-11-20(12-10-19)30-27(36)28-16-15-18-17-21(34-3)13-14-24(18)35-4/h5-8,13-14,17,19-20H,9-12,15-16H2,1-4H3,(H2,28,30,36)(H,29,31,32)/t19-,20+. The molecule has 3 N–H and O–H groups in total. The van der Waals surface area contributed by atoms with Crippen LogP contribution in [0, 0.1) is 0 Å². The van der Waals surface area contributed by atoms with E-state index >= 15 is 0 Å². The largest absolute Gasteiger partial charge is 0.497 e. The molecule has 1 aliphatic rings. The maximum Gasteiger partial charge on any atom is 0.225 e. The predicted octanol–water partition coefficient (Wildman–Crippen LogP) is 4.14. The third-order valence-electron chi connectivity index (χ3n) is 6.57. The lowest BCUT2D eigenvalue weighted by atomic mass is 9.91. The number of fused-ring (bicyclic) bond motifs is 1. The molecule has 0 amide bonds. The number of thiocarbonyl (C=S) groups is 1. The van der Waals surface area contributed by atoms with Crippen molar-refractivity contribution in [3.63, 3.8) is 0 Å². The number of hydrogen-bond acceptors (Lipinski definition) is 7. The average molecular weight is 509 g/mol. The van der Waals surface area contributed by atoms with Crippen LogP contribution in [0.2, 0.25) is 0 Å². The van der Waals surface area contributed by atoms with Crippen LogP contribution in [0.1, 0.15) is 31.2 Å². The van der Waals surface area contributed by atoms with Crippen molar-refractivity contribution in [1.82, 2.24) is 20.6 Å². The first-order valence-corrected chi connectivity index (χ1v) is 12.8. The Labute approximate surface area is 218 Å². The fourth-order valence-corrected chi connectivity index (χ4v) is 4.92. The molecule has 192 valence electrons. The smallest absolute Gasteiger partial charge is 0.225 e. The highest BCUT2D eigenvalue weighted by molar-refractivity contribution is 7.80. The minimum Gasteiger partial charge on any atom is -0.497 e. The van der Waals surface area contributed by atoms with Crippen molar-refractivity contribution in [2.24, 2.45) is 0 Å². The van der Waals surface area contributed by atoms with Gasteiger partial charge in [-0.2, -0.15) is 4.98 Å². The van der Waals surface area contributed by atoms with E-state index in [2.05, 4.69) is 22.0 Å². The molecule has 0 unspecified atom stereocenters. The fraction of sp³-hybridized carbons (Fsp3) is 0.444. The topological polar surface area (TPSA) is 83.6 Å². The first-order valence-electron chi connectivity index (χ1n) is 12.4. The first kappa shape index (κ1) is 25.8. The van der Waals surface area contributed by atoms with Gasteiger partial charge < -0.3 is 30.3 Å². The summed E-state index contributed by atoms with van der Waals surface area (Å²) in [5, 5.41) is 12.1. The van der Waals surface area contributed by atoms with Crippen molar-refractivity contribution < 1.29 is 9.47 Å². The summed E-state index contributed by atoms with van der Waals surface area (Å²) < 4.78 is 10.8. The number of nitrogens with zero attached hydrogens (tertiary/aromatic N) is 3. The van der Waals surface area contributed by atoms with Gasteiger partial charge in [-0.1, -0.05) is 12.1 Å². The summed E-state index contributed by atoms with van der Waals surface area (Å²) in [5.41, 5.74) is 2.05. The van der Waals surface area contributed by atoms with Crippen molar-refractivity contribution in [2.45, 2.75) is 44.2 Å². The van der Waals surface area contributed by atoms with Gasteiger partial charge in [-0.3, -0.25) is 0 Å². The summed E-state index contributed by atoms with van der Waals surface area (Å²) in [5.74, 6) is 3.31. The monoisotopic (exact) mass is 508 g/mol. The van der Waals surface area contributed by atoms with Crippen LogP contribution in [-0.4, -0.2) is 62.0 Å². The molecule has 2 aromatic carbocycles. The van der Waals surface area contributed by atoms with Gasteiger partial charge in [0.05, 0.1) is 19.7 Å². The summed E-state index contributed by atoms with van der Waals surface area (Å²) in [6, 6.07) is 14.7. The van der Waals surface area contributed by atoms with Crippen LogP contribution in [0.5, 0.6) is 11.5 Å². The number of hydrogen-bond donors (Lipinski definition) is 3. The SMILES string of the molecule is COc1ccc(OC)c(CCNC(=S)N[C@H]2CC[C@@H](Nc3nc(N(C)C)c4ccccc4n3)CC2)c1. The molecule has 0 atom stereocenters. The van der Waals surface area contributed by atoms with E-state index in [0.717, 1.165) is 72.4 Å². The van der Waals surface area contributed by atoms with Crippen LogP contribution in [0.25, 0.3) is 10.9 Å². The van der Waals surface area contributed by atoms with Crippen LogP contribution in [-0.2, 0) is 6.42 Å². The number of benzene rings is 2. The van der Waals surface area contributed by atoms with Crippen LogP contribution in [0.15, 0.2) is 42.5 Å². The molecule has 0 radical (unpaired) electrons. The number of ether oxygens (including phenoxy) is 2. The molecule has 0 saturated heterocycles. The molecule has 0 bridgehead atoms. The quantitative estimate of drug-likeness (QED) is 0.369. The molecule has 1 saturated carbocycles. The van der Waals surface area contributed by atoms with E-state index in [-0.39, 0.29) is 0 Å². The highest BCUT2D eigenvalue weighted by Gasteiger charge is 2.23. The third kappa shape index (κ3) is 6.46. The van der Waals surface area contributed by atoms with Gasteiger partial charge in [0.1, 0.15) is 17.3 Å². The second kappa shape index (κ2) is 12.1. The maximum absolute atomic E-state index is 5.56. The number of para-hydroxylation sites is 1. The van der Waals surface area contributed by atoms with Crippen molar-refractivity contribution in [3.05, 3.63) is 48.0 Å². The molecule has 3 aromatic rings. The number of methoxy groups -OCH3 is 2. The van der Waals surface area contributed by atoms with Gasteiger partial charge in [0, 0.05) is 38.1 Å². The minimum atomic E-state index is 0.348. The lowest BCUT2D eigenvalue weighted by molar-refractivity contribution is 0.385. The summed E-state index contributed by atoms with van der Waals surface area (Å²) >= 11 is 5.56. The van der Waals surface area contributed by atoms with Gasteiger partial charge in [-0.05, 0) is 80.2 Å². The summed E-state index contributed by atoms with van der Waals surface area (Å²) in [4.78, 5) is 11.6. The van der Waals surface area contributed by atoms with E-state index in [1.165, 1.54) is 0 Å². The highest BCUT2D eigenvalue weighted by atomic mass is 32.1. The van der Waals surface area contributed by atoms with E-state index in [1.54, 1.807) is 14.2 Å². The molecule has 1 heterocycles. The lowest BCUT2D eigenvalue weighted by Gasteiger charge is -2.30. The lowest BCUT2D eigenvalue weighted by Crippen LogP contribution is -2.45. The highest BCUT2D eigenvalue weighted by Crippen LogP contribution is 2.27. The average Bonchev–Trinajstić information content (AvgIpc) is 2.89. The van der Waals surface area contributed by atoms with Crippen molar-refractivity contribution in [1.29, 1.82) is 0 Å². The molecule has 8 nitrogen and oxygen atoms in total. The van der Waals surface area contributed by atoms with Crippen LogP contribution >= 0.6 is 12.2 Å². The Morgan fingerprint density at radius 1 is 1.00 bits per heavy atom. The molecule has 0 aliphatic heterocycles. The number of anilines is 2. The fourth-order valence-electron chi connectivity index (χ4n) is 4.65. The second-order valence-corrected chi connectivity index (χ2v) is 9.71. The number of nitrogens with one attached hydrogen (secondary N) is 3. The Morgan fingerprint density at radius 2 is 1.75 bits per heavy atom. The first-order chi connectivity index (χ1) is 17.5. The van der Waals surface area contributed by atoms with E-state index < -0.39 is 0 Å². The van der Waals surface area contributed by atoms with E-state index in [0.29, 0.717) is 23.1 Å². The Morgan fingerprint density at radius 3 is 2.47 bits per heavy atom. The number of rotatable bonds is 9. The van der Waals surface area contributed by atoms with Gasteiger partial charge in [0.25, 0.3) is 0 Å². The van der Waals surface area contributed by atoms with Crippen LogP contribution < -0.4 is 30.3 Å². The predicted molar refractivity (Wildman–Crippen MR) is 151 cm³/mol. The summed E-state index contributed by atoms with van der Waals surface area (Å²) in [6.45, 7) is 0.722. The molecule has 1 aliphatic carbocycles. The molecule has 36 heavy (non-hydrogen) atoms. The Kier molecular flexibility index (Phi) is 8.64. The van der Waals surface area contributed by atoms with E-state index in [4.69, 9.17) is 31.7 Å². The molecular formula is C27H36N6O2S. The molecule has 1 fully saturated rings. The van der Waals surface area contributed by atoms with Gasteiger partial charge in [-0.15, -0.1) is 0 Å². The van der Waals surface area contributed by atoms with Gasteiger partial charge >= 0.3 is 0 Å². The van der Waals surface area contributed by atoms with Crippen molar-refractivity contribution in [2.75, 3.05) is 45.1 Å². The van der Waals surface area contributed by atoms with Crippen LogP contribution in [0.3, 0.4) is 0 Å². The van der Waals surface area contributed by atoms with Crippen LogP contribution in [0.4, 0.5) is 11.8 Å². The normalized spacial score (nSPS) is 17.3. The van der Waals surface area contributed by atoms with Crippen molar-refractivity contribution >= 4 is 40.0 Å². The summed E-state index contributed by atoms with van der Waals surface area (Å²) in [7, 11) is 7.38. The van der Waals surface area contributed by atoms with E-state index in [1.807, 2.05) is 55.4 Å². The van der Waals surface area contributed by atoms with Gasteiger partial charge in [-0.25, -0.2) is 4.98 Å². The third-order valence-corrected chi connectivity index (χ3v) is 6.83. The zero-order chi connectivity index (χ0) is 25.5. The molecule has 9 heteroatoms. The van der Waals surface area contributed by atoms with E-state index in [9.17, 15) is 0 Å². The zero-order valence-electron chi connectivity index (χ0n) is 21.5. The Hall–Kier alpha value is -3.33. The van der Waals surface area contributed by atoms with Crippen molar-refractivity contribution in [3.8, 4) is 11.5 Å².